The number of benzene rings is 2. The molecule has 0 atom stereocenters. The Hall–Kier alpha value is -2.07. The van der Waals surface area contributed by atoms with Gasteiger partial charge in [-0.2, -0.15) is 0 Å². The molecule has 0 aliphatic carbocycles. The van der Waals surface area contributed by atoms with Gasteiger partial charge in [-0.25, -0.2) is 0 Å². The predicted octanol–water partition coefficient (Wildman–Crippen LogP) is 4.08. The topological polar surface area (TPSA) is 40.5 Å². The van der Waals surface area contributed by atoms with Crippen molar-refractivity contribution in [2.24, 2.45) is 0 Å². The number of phenols is 1. The number of aromatic hydroxyl groups is 1. The van der Waals surface area contributed by atoms with Crippen LogP contribution >= 0.6 is 15.9 Å². The van der Waals surface area contributed by atoms with Crippen molar-refractivity contribution < 1.29 is 9.90 Å². The number of amides is 1. The van der Waals surface area contributed by atoms with Gasteiger partial charge in [0.25, 0.3) is 5.91 Å². The average molecular weight is 358 g/mol. The minimum Gasteiger partial charge on any atom is -0.507 e. The molecular weight excluding hydrogens is 342 g/mol. The smallest absolute Gasteiger partial charge is 0.257 e. The Morgan fingerprint density at radius 3 is 2.59 bits per heavy atom. The Morgan fingerprint density at radius 1 is 1.14 bits per heavy atom. The number of carbonyl (C=O) groups excluding carboxylic acids is 1. The van der Waals surface area contributed by atoms with Crippen molar-refractivity contribution in [2.45, 2.75) is 6.42 Å². The summed E-state index contributed by atoms with van der Waals surface area (Å²) in [7, 11) is 0. The van der Waals surface area contributed by atoms with Gasteiger partial charge in [0, 0.05) is 17.6 Å². The van der Waals surface area contributed by atoms with Crippen LogP contribution < -0.4 is 0 Å². The minimum atomic E-state index is -0.137. The van der Waals surface area contributed by atoms with Crippen molar-refractivity contribution in [1.82, 2.24) is 4.90 Å². The van der Waals surface area contributed by atoms with Gasteiger partial charge in [0.2, 0.25) is 0 Å². The van der Waals surface area contributed by atoms with E-state index in [0.717, 1.165) is 10.9 Å². The van der Waals surface area contributed by atoms with Gasteiger partial charge < -0.3 is 10.0 Å². The molecule has 0 unspecified atom stereocenters. The Balaban J connectivity index is 1.77. The van der Waals surface area contributed by atoms with E-state index in [1.807, 2.05) is 18.2 Å². The van der Waals surface area contributed by atoms with Gasteiger partial charge in [0.05, 0.1) is 5.56 Å². The van der Waals surface area contributed by atoms with E-state index in [9.17, 15) is 9.90 Å². The molecule has 22 heavy (non-hydrogen) atoms. The van der Waals surface area contributed by atoms with Crippen LogP contribution in [0.3, 0.4) is 0 Å². The maximum Gasteiger partial charge on any atom is 0.257 e. The molecule has 1 aliphatic rings. The zero-order valence-electron chi connectivity index (χ0n) is 12.0. The number of halogens is 1. The van der Waals surface area contributed by atoms with Crippen molar-refractivity contribution in [3.05, 3.63) is 70.2 Å². The van der Waals surface area contributed by atoms with Gasteiger partial charge in [0.1, 0.15) is 5.75 Å². The standard InChI is InChI=1S/C18H16BrNO2/c19-15-6-7-17(21)16(12-15)18(22)20-10-8-14(9-11-20)13-4-2-1-3-5-13/h1-8,12,21H,9-11H2. The summed E-state index contributed by atoms with van der Waals surface area (Å²) in [4.78, 5) is 14.3. The van der Waals surface area contributed by atoms with Crippen molar-refractivity contribution in [3.8, 4) is 5.75 Å². The van der Waals surface area contributed by atoms with Gasteiger partial charge in [-0.15, -0.1) is 0 Å². The lowest BCUT2D eigenvalue weighted by molar-refractivity contribution is 0.0770. The Labute approximate surface area is 138 Å². The fourth-order valence-corrected chi connectivity index (χ4v) is 2.98. The van der Waals surface area contributed by atoms with E-state index in [1.165, 1.54) is 17.2 Å². The van der Waals surface area contributed by atoms with Crippen LogP contribution in [0.4, 0.5) is 0 Å². The summed E-state index contributed by atoms with van der Waals surface area (Å²) in [6.45, 7) is 1.22. The van der Waals surface area contributed by atoms with Crippen LogP contribution in [-0.4, -0.2) is 29.0 Å². The van der Waals surface area contributed by atoms with Crippen LogP contribution in [-0.2, 0) is 0 Å². The fourth-order valence-electron chi connectivity index (χ4n) is 2.62. The number of nitrogens with zero attached hydrogens (tertiary/aromatic N) is 1. The predicted molar refractivity (Wildman–Crippen MR) is 90.7 cm³/mol. The normalized spacial score (nSPS) is 14.6. The molecule has 3 rings (SSSR count). The van der Waals surface area contributed by atoms with Crippen LogP contribution in [0, 0.1) is 0 Å². The molecule has 112 valence electrons. The maximum absolute atomic E-state index is 12.5. The molecule has 0 bridgehead atoms. The number of hydrogen-bond donors (Lipinski definition) is 1. The summed E-state index contributed by atoms with van der Waals surface area (Å²) >= 11 is 3.33. The molecule has 0 fully saturated rings. The van der Waals surface area contributed by atoms with Gasteiger partial charge in [-0.1, -0.05) is 52.3 Å². The largest absolute Gasteiger partial charge is 0.507 e. The zero-order chi connectivity index (χ0) is 15.5. The lowest BCUT2D eigenvalue weighted by atomic mass is 9.99. The van der Waals surface area contributed by atoms with E-state index < -0.39 is 0 Å². The van der Waals surface area contributed by atoms with E-state index in [4.69, 9.17) is 0 Å². The lowest BCUT2D eigenvalue weighted by Crippen LogP contribution is -2.34. The molecule has 0 spiro atoms. The van der Waals surface area contributed by atoms with E-state index in [0.29, 0.717) is 18.7 Å². The van der Waals surface area contributed by atoms with E-state index in [1.54, 1.807) is 17.0 Å². The highest BCUT2D eigenvalue weighted by molar-refractivity contribution is 9.10. The molecule has 0 saturated heterocycles. The summed E-state index contributed by atoms with van der Waals surface area (Å²) < 4.78 is 0.783. The molecule has 1 aliphatic heterocycles. The zero-order valence-corrected chi connectivity index (χ0v) is 13.6. The first-order chi connectivity index (χ1) is 10.6. The lowest BCUT2D eigenvalue weighted by Gasteiger charge is -2.27. The number of phenolic OH excluding ortho intramolecular Hbond substituents is 1. The molecule has 2 aromatic carbocycles. The highest BCUT2D eigenvalue weighted by Gasteiger charge is 2.21. The minimum absolute atomic E-state index is 0.0195. The second-order valence-electron chi connectivity index (χ2n) is 5.26. The molecule has 2 aromatic rings. The van der Waals surface area contributed by atoms with Crippen LogP contribution in [0.25, 0.3) is 5.57 Å². The summed E-state index contributed by atoms with van der Waals surface area (Å²) in [6.07, 6.45) is 2.91. The van der Waals surface area contributed by atoms with E-state index >= 15 is 0 Å². The molecule has 4 heteroatoms. The number of rotatable bonds is 2. The van der Waals surface area contributed by atoms with E-state index in [-0.39, 0.29) is 11.7 Å². The van der Waals surface area contributed by atoms with E-state index in [2.05, 4.69) is 34.1 Å². The second-order valence-corrected chi connectivity index (χ2v) is 6.17. The average Bonchev–Trinajstić information content (AvgIpc) is 2.57. The molecule has 0 radical (unpaired) electrons. The van der Waals surface area contributed by atoms with Crippen LogP contribution in [0.5, 0.6) is 5.75 Å². The van der Waals surface area contributed by atoms with Crippen LogP contribution in [0.1, 0.15) is 22.3 Å². The summed E-state index contributed by atoms with van der Waals surface area (Å²) in [5.74, 6) is -0.117. The highest BCUT2D eigenvalue weighted by Crippen LogP contribution is 2.26. The van der Waals surface area contributed by atoms with Gasteiger partial charge in [0.15, 0.2) is 0 Å². The monoisotopic (exact) mass is 357 g/mol. The van der Waals surface area contributed by atoms with Crippen molar-refractivity contribution in [3.63, 3.8) is 0 Å². The van der Waals surface area contributed by atoms with Crippen LogP contribution in [0.15, 0.2) is 59.1 Å². The Morgan fingerprint density at radius 2 is 1.91 bits per heavy atom. The third-order valence-corrected chi connectivity index (χ3v) is 4.32. The van der Waals surface area contributed by atoms with Crippen molar-refractivity contribution >= 4 is 27.4 Å². The Kier molecular flexibility index (Phi) is 4.29. The molecule has 0 aromatic heterocycles. The van der Waals surface area contributed by atoms with Gasteiger partial charge in [-0.3, -0.25) is 4.79 Å². The third kappa shape index (κ3) is 3.07. The molecular formula is C18H16BrNO2. The fraction of sp³-hybridized carbons (Fsp3) is 0.167. The second kappa shape index (κ2) is 6.36. The quantitative estimate of drug-likeness (QED) is 0.879. The SMILES string of the molecule is O=C(c1cc(Br)ccc1O)N1CC=C(c2ccccc2)CC1. The van der Waals surface area contributed by atoms with Crippen molar-refractivity contribution in [2.75, 3.05) is 13.1 Å². The Bertz CT molecular complexity index is 725. The molecule has 1 heterocycles. The first-order valence-electron chi connectivity index (χ1n) is 7.17. The summed E-state index contributed by atoms with van der Waals surface area (Å²) in [5, 5.41) is 9.88. The van der Waals surface area contributed by atoms with Gasteiger partial charge in [-0.05, 0) is 35.8 Å². The molecule has 1 amide bonds. The maximum atomic E-state index is 12.5. The third-order valence-electron chi connectivity index (χ3n) is 3.83. The van der Waals surface area contributed by atoms with Crippen LogP contribution in [0.2, 0.25) is 0 Å². The first-order valence-corrected chi connectivity index (χ1v) is 7.96. The number of hydrogen-bond acceptors (Lipinski definition) is 2. The van der Waals surface area contributed by atoms with Crippen molar-refractivity contribution in [1.29, 1.82) is 0 Å². The summed E-state index contributed by atoms with van der Waals surface area (Å²) in [6, 6.07) is 15.1. The summed E-state index contributed by atoms with van der Waals surface area (Å²) in [5.41, 5.74) is 2.81. The van der Waals surface area contributed by atoms with Gasteiger partial charge >= 0.3 is 0 Å². The first kappa shape index (κ1) is 14.9. The molecule has 0 saturated carbocycles. The molecule has 1 N–H and O–H groups in total. The number of carbonyl (C=O) groups is 1. The molecule has 3 nitrogen and oxygen atoms in total. The highest BCUT2D eigenvalue weighted by atomic mass is 79.9.